The number of hydrogen-bond acceptors (Lipinski definition) is 5. The lowest BCUT2D eigenvalue weighted by molar-refractivity contribution is -0.385. The van der Waals surface area contributed by atoms with E-state index in [1.807, 2.05) is 11.0 Å². The van der Waals surface area contributed by atoms with E-state index in [2.05, 4.69) is 0 Å². The Morgan fingerprint density at radius 2 is 2.10 bits per heavy atom. The van der Waals surface area contributed by atoms with Gasteiger partial charge in [0.05, 0.1) is 4.92 Å². The monoisotopic (exact) mass is 288 g/mol. The van der Waals surface area contributed by atoms with Crippen LogP contribution in [0.2, 0.25) is 0 Å². The van der Waals surface area contributed by atoms with Crippen LogP contribution in [0.15, 0.2) is 18.2 Å². The molecule has 0 saturated carbocycles. The SMILES string of the molecule is CC(=O)N1CCCN(c2ccc(C#N)c([N+](=O)[O-])c2)CC1. The first-order valence-corrected chi connectivity index (χ1v) is 6.72. The topological polar surface area (TPSA) is 90.5 Å². The lowest BCUT2D eigenvalue weighted by Crippen LogP contribution is -2.33. The lowest BCUT2D eigenvalue weighted by Gasteiger charge is -2.23. The zero-order valence-electron chi connectivity index (χ0n) is 11.8. The minimum atomic E-state index is -0.540. The minimum Gasteiger partial charge on any atom is -0.369 e. The second kappa shape index (κ2) is 6.22. The van der Waals surface area contributed by atoms with Gasteiger partial charge in [-0.1, -0.05) is 0 Å². The molecule has 110 valence electrons. The van der Waals surface area contributed by atoms with Crippen molar-refractivity contribution in [1.29, 1.82) is 5.26 Å². The van der Waals surface area contributed by atoms with Gasteiger partial charge in [-0.15, -0.1) is 0 Å². The molecule has 1 aliphatic rings. The van der Waals surface area contributed by atoms with Gasteiger partial charge in [-0.2, -0.15) is 5.26 Å². The fraction of sp³-hybridized carbons (Fsp3) is 0.429. The Kier molecular flexibility index (Phi) is 4.38. The molecule has 1 aromatic carbocycles. The summed E-state index contributed by atoms with van der Waals surface area (Å²) in [4.78, 5) is 25.7. The Bertz CT molecular complexity index is 609. The number of rotatable bonds is 2. The largest absolute Gasteiger partial charge is 0.369 e. The van der Waals surface area contributed by atoms with Gasteiger partial charge in [0.2, 0.25) is 5.91 Å². The van der Waals surface area contributed by atoms with Crippen LogP contribution in [-0.4, -0.2) is 41.9 Å². The first kappa shape index (κ1) is 14.8. The van der Waals surface area contributed by atoms with Crippen LogP contribution in [0.4, 0.5) is 11.4 Å². The Hall–Kier alpha value is -2.62. The Labute approximate surface area is 122 Å². The van der Waals surface area contributed by atoms with E-state index in [-0.39, 0.29) is 17.2 Å². The molecule has 2 rings (SSSR count). The molecule has 0 bridgehead atoms. The number of benzene rings is 1. The van der Waals surface area contributed by atoms with Gasteiger partial charge in [-0.3, -0.25) is 14.9 Å². The molecule has 0 N–H and O–H groups in total. The number of hydrogen-bond donors (Lipinski definition) is 0. The summed E-state index contributed by atoms with van der Waals surface area (Å²) in [7, 11) is 0. The van der Waals surface area contributed by atoms with Gasteiger partial charge >= 0.3 is 0 Å². The molecule has 7 nitrogen and oxygen atoms in total. The van der Waals surface area contributed by atoms with Crippen LogP contribution in [0.5, 0.6) is 0 Å². The zero-order valence-corrected chi connectivity index (χ0v) is 11.8. The molecule has 0 radical (unpaired) electrons. The molecular formula is C14H16N4O3. The summed E-state index contributed by atoms with van der Waals surface area (Å²) in [5.41, 5.74) is 0.595. The summed E-state index contributed by atoms with van der Waals surface area (Å²) < 4.78 is 0. The maximum atomic E-state index is 11.4. The molecule has 21 heavy (non-hydrogen) atoms. The first-order valence-electron chi connectivity index (χ1n) is 6.72. The molecule has 7 heteroatoms. The fourth-order valence-corrected chi connectivity index (χ4v) is 2.45. The van der Waals surface area contributed by atoms with Gasteiger partial charge in [0.25, 0.3) is 5.69 Å². The highest BCUT2D eigenvalue weighted by atomic mass is 16.6. The van der Waals surface area contributed by atoms with Crippen molar-refractivity contribution < 1.29 is 9.72 Å². The van der Waals surface area contributed by atoms with Crippen molar-refractivity contribution in [3.05, 3.63) is 33.9 Å². The van der Waals surface area contributed by atoms with Crippen LogP contribution < -0.4 is 4.90 Å². The second-order valence-electron chi connectivity index (χ2n) is 4.92. The Morgan fingerprint density at radius 1 is 1.33 bits per heavy atom. The highest BCUT2D eigenvalue weighted by molar-refractivity contribution is 5.73. The van der Waals surface area contributed by atoms with Crippen LogP contribution >= 0.6 is 0 Å². The summed E-state index contributed by atoms with van der Waals surface area (Å²) >= 11 is 0. The maximum Gasteiger partial charge on any atom is 0.289 e. The van der Waals surface area contributed by atoms with Crippen molar-refractivity contribution in [2.45, 2.75) is 13.3 Å². The smallest absolute Gasteiger partial charge is 0.289 e. The number of carbonyl (C=O) groups excluding carboxylic acids is 1. The molecular weight excluding hydrogens is 272 g/mol. The van der Waals surface area contributed by atoms with E-state index in [9.17, 15) is 14.9 Å². The Morgan fingerprint density at radius 3 is 2.71 bits per heavy atom. The normalized spacial score (nSPS) is 15.2. The molecule has 0 spiro atoms. The van der Waals surface area contributed by atoms with E-state index < -0.39 is 4.92 Å². The van der Waals surface area contributed by atoms with Gasteiger partial charge in [0.15, 0.2) is 0 Å². The van der Waals surface area contributed by atoms with Crippen LogP contribution in [0.25, 0.3) is 0 Å². The number of amides is 1. The fourth-order valence-electron chi connectivity index (χ4n) is 2.45. The highest BCUT2D eigenvalue weighted by Crippen LogP contribution is 2.26. The lowest BCUT2D eigenvalue weighted by atomic mass is 10.1. The van der Waals surface area contributed by atoms with E-state index in [1.165, 1.54) is 12.1 Å². The van der Waals surface area contributed by atoms with Crippen molar-refractivity contribution in [3.8, 4) is 6.07 Å². The van der Waals surface area contributed by atoms with E-state index in [0.717, 1.165) is 13.0 Å². The first-order chi connectivity index (χ1) is 10.0. The summed E-state index contributed by atoms with van der Waals surface area (Å²) in [5.74, 6) is 0.0441. The van der Waals surface area contributed by atoms with Crippen molar-refractivity contribution in [3.63, 3.8) is 0 Å². The van der Waals surface area contributed by atoms with Crippen molar-refractivity contribution in [2.75, 3.05) is 31.1 Å². The third-order valence-electron chi connectivity index (χ3n) is 3.60. The quantitative estimate of drug-likeness (QED) is 0.608. The van der Waals surface area contributed by atoms with Gasteiger partial charge in [0.1, 0.15) is 11.6 Å². The minimum absolute atomic E-state index is 0.0441. The van der Waals surface area contributed by atoms with Crippen LogP contribution in [0.3, 0.4) is 0 Å². The van der Waals surface area contributed by atoms with Gasteiger partial charge in [-0.05, 0) is 18.6 Å². The van der Waals surface area contributed by atoms with Crippen LogP contribution in [0, 0.1) is 21.4 Å². The predicted octanol–water partition coefficient (Wildman–Crippen LogP) is 1.53. The molecule has 0 atom stereocenters. The van der Waals surface area contributed by atoms with E-state index >= 15 is 0 Å². The number of nitriles is 1. The van der Waals surface area contributed by atoms with Crippen molar-refractivity contribution in [2.24, 2.45) is 0 Å². The van der Waals surface area contributed by atoms with Crippen molar-refractivity contribution >= 4 is 17.3 Å². The predicted molar refractivity (Wildman–Crippen MR) is 76.9 cm³/mol. The summed E-state index contributed by atoms with van der Waals surface area (Å²) in [6.07, 6.45) is 0.813. The number of anilines is 1. The standard InChI is InChI=1S/C14H16N4O3/c1-11(19)16-5-2-6-17(8-7-16)13-4-3-12(10-15)14(9-13)18(20)21/h3-4,9H,2,5-8H2,1H3. The summed E-state index contributed by atoms with van der Waals surface area (Å²) in [6.45, 7) is 4.20. The third-order valence-corrected chi connectivity index (χ3v) is 3.60. The molecule has 1 heterocycles. The Balaban J connectivity index is 2.22. The molecule has 1 aromatic rings. The number of nitro benzene ring substituents is 1. The number of nitrogens with zero attached hydrogens (tertiary/aromatic N) is 4. The number of carbonyl (C=O) groups is 1. The average molecular weight is 288 g/mol. The van der Waals surface area contributed by atoms with Gasteiger partial charge in [0, 0.05) is 44.9 Å². The molecule has 1 saturated heterocycles. The maximum absolute atomic E-state index is 11.4. The zero-order chi connectivity index (χ0) is 15.4. The van der Waals surface area contributed by atoms with Crippen LogP contribution in [0.1, 0.15) is 18.9 Å². The molecule has 1 amide bonds. The number of nitro groups is 1. The van der Waals surface area contributed by atoms with Crippen molar-refractivity contribution in [1.82, 2.24) is 4.90 Å². The second-order valence-corrected chi connectivity index (χ2v) is 4.92. The van der Waals surface area contributed by atoms with E-state index in [1.54, 1.807) is 17.9 Å². The molecule has 0 aliphatic carbocycles. The summed E-state index contributed by atoms with van der Waals surface area (Å²) in [5, 5.41) is 19.9. The molecule has 1 fully saturated rings. The highest BCUT2D eigenvalue weighted by Gasteiger charge is 2.20. The molecule has 0 aromatic heterocycles. The summed E-state index contributed by atoms with van der Waals surface area (Å²) in [6, 6.07) is 6.45. The third kappa shape index (κ3) is 3.28. The van der Waals surface area contributed by atoms with Gasteiger partial charge in [-0.25, -0.2) is 0 Å². The van der Waals surface area contributed by atoms with Crippen LogP contribution in [-0.2, 0) is 4.79 Å². The van der Waals surface area contributed by atoms with E-state index in [4.69, 9.17) is 5.26 Å². The molecule has 1 aliphatic heterocycles. The molecule has 0 unspecified atom stereocenters. The van der Waals surface area contributed by atoms with Gasteiger partial charge < -0.3 is 9.80 Å². The average Bonchev–Trinajstić information content (AvgIpc) is 2.72. The van der Waals surface area contributed by atoms with E-state index in [0.29, 0.717) is 25.3 Å².